The zero-order chi connectivity index (χ0) is 29.2. The molecule has 1 N–H and O–H groups in total. The Hall–Kier alpha value is -5.07. The molecule has 42 heavy (non-hydrogen) atoms. The van der Waals surface area contributed by atoms with Crippen LogP contribution < -0.4 is 10.2 Å². The Labute approximate surface area is 250 Å². The quantitative estimate of drug-likeness (QED) is 0.130. The molecule has 0 unspecified atom stereocenters. The van der Waals surface area contributed by atoms with Crippen molar-refractivity contribution >= 4 is 40.9 Å². The summed E-state index contributed by atoms with van der Waals surface area (Å²) in [4.78, 5) is 28.6. The van der Waals surface area contributed by atoms with Crippen molar-refractivity contribution in [3.05, 3.63) is 138 Å². The number of amides is 2. The Morgan fingerprint density at radius 2 is 1.29 bits per heavy atom. The van der Waals surface area contributed by atoms with Crippen LogP contribution in [0.5, 0.6) is 0 Å². The highest BCUT2D eigenvalue weighted by Gasteiger charge is 2.35. The second-order valence-electron chi connectivity index (χ2n) is 10.4. The van der Waals surface area contributed by atoms with Crippen molar-refractivity contribution in [1.82, 2.24) is 9.88 Å². The maximum Gasteiger partial charge on any atom is 0.270 e. The third-order valence-corrected chi connectivity index (χ3v) is 7.67. The molecule has 4 aromatic carbocycles. The fourth-order valence-electron chi connectivity index (χ4n) is 5.25. The molecular weight excluding hydrogens is 538 g/mol. The predicted molar refractivity (Wildman–Crippen MR) is 173 cm³/mol. The van der Waals surface area contributed by atoms with Crippen molar-refractivity contribution in [3.8, 4) is 28.2 Å². The van der Waals surface area contributed by atoms with Crippen molar-refractivity contribution in [2.45, 2.75) is 19.8 Å². The number of carbonyl (C=O) groups excluding carboxylic acids is 2. The SMILES string of the molecule is CC(C)c1ccc(N2C(=O)/C(=C\c3cc(-c4ccccc4)n(-c4ccccc4)c3-c3ccccc3)C(=O)NC2=S)cc1. The lowest BCUT2D eigenvalue weighted by atomic mass is 10.0. The summed E-state index contributed by atoms with van der Waals surface area (Å²) in [7, 11) is 0. The molecule has 5 aromatic rings. The molecule has 0 spiro atoms. The topological polar surface area (TPSA) is 54.3 Å². The summed E-state index contributed by atoms with van der Waals surface area (Å²) in [6.45, 7) is 4.23. The lowest BCUT2D eigenvalue weighted by molar-refractivity contribution is -0.122. The van der Waals surface area contributed by atoms with E-state index in [2.05, 4.69) is 48.0 Å². The van der Waals surface area contributed by atoms with E-state index < -0.39 is 11.8 Å². The molecule has 0 atom stereocenters. The molecule has 0 radical (unpaired) electrons. The van der Waals surface area contributed by atoms with Crippen molar-refractivity contribution in [2.75, 3.05) is 4.90 Å². The number of hydrogen-bond acceptors (Lipinski definition) is 3. The Bertz CT molecular complexity index is 1810. The first-order valence-electron chi connectivity index (χ1n) is 13.9. The maximum atomic E-state index is 14.0. The van der Waals surface area contributed by atoms with Crippen molar-refractivity contribution in [3.63, 3.8) is 0 Å². The largest absolute Gasteiger partial charge is 0.309 e. The summed E-state index contributed by atoms with van der Waals surface area (Å²) in [5.41, 5.74) is 7.25. The number of nitrogens with zero attached hydrogens (tertiary/aromatic N) is 2. The fraction of sp³-hybridized carbons (Fsp3) is 0.0833. The molecule has 0 aliphatic carbocycles. The predicted octanol–water partition coefficient (Wildman–Crippen LogP) is 7.77. The second-order valence-corrected chi connectivity index (χ2v) is 10.8. The first-order valence-corrected chi connectivity index (χ1v) is 14.3. The second kappa shape index (κ2) is 11.4. The van der Waals surface area contributed by atoms with Gasteiger partial charge in [0.2, 0.25) is 0 Å². The number of thiocarbonyl (C=S) groups is 1. The molecule has 6 rings (SSSR count). The Kier molecular flexibility index (Phi) is 7.38. The average molecular weight is 568 g/mol. The average Bonchev–Trinajstić information content (AvgIpc) is 3.40. The lowest BCUT2D eigenvalue weighted by Crippen LogP contribution is -2.54. The van der Waals surface area contributed by atoms with Gasteiger partial charge >= 0.3 is 0 Å². The number of aromatic nitrogens is 1. The summed E-state index contributed by atoms with van der Waals surface area (Å²) < 4.78 is 2.18. The van der Waals surface area contributed by atoms with Crippen LogP contribution in [-0.2, 0) is 9.59 Å². The van der Waals surface area contributed by atoms with Gasteiger partial charge in [-0.3, -0.25) is 19.8 Å². The Morgan fingerprint density at radius 1 is 0.714 bits per heavy atom. The van der Waals surface area contributed by atoms with E-state index >= 15 is 0 Å². The zero-order valence-electron chi connectivity index (χ0n) is 23.3. The molecule has 0 bridgehead atoms. The molecule has 2 amide bonds. The van der Waals surface area contributed by atoms with Gasteiger partial charge in [-0.15, -0.1) is 0 Å². The van der Waals surface area contributed by atoms with E-state index in [9.17, 15) is 9.59 Å². The van der Waals surface area contributed by atoms with Crippen LogP contribution in [0.25, 0.3) is 34.3 Å². The normalized spacial score (nSPS) is 14.5. The van der Waals surface area contributed by atoms with E-state index in [1.54, 1.807) is 6.08 Å². The molecule has 1 saturated heterocycles. The minimum absolute atomic E-state index is 0.0125. The van der Waals surface area contributed by atoms with Gasteiger partial charge < -0.3 is 4.57 Å². The van der Waals surface area contributed by atoms with Crippen molar-refractivity contribution in [1.29, 1.82) is 0 Å². The van der Waals surface area contributed by atoms with Crippen molar-refractivity contribution in [2.24, 2.45) is 0 Å². The molecule has 1 aliphatic rings. The molecule has 5 nitrogen and oxygen atoms in total. The first kappa shape index (κ1) is 27.1. The number of rotatable bonds is 6. The lowest BCUT2D eigenvalue weighted by Gasteiger charge is -2.29. The van der Waals surface area contributed by atoms with E-state index in [0.717, 1.165) is 39.3 Å². The van der Waals surface area contributed by atoms with Gasteiger partial charge in [-0.05, 0) is 71.2 Å². The third kappa shape index (κ3) is 5.08. The summed E-state index contributed by atoms with van der Waals surface area (Å²) in [5.74, 6) is -0.636. The smallest absolute Gasteiger partial charge is 0.270 e. The standard InChI is InChI=1S/C36H29N3O2S/c1-24(2)25-18-20-30(21-19-25)39-35(41)31(34(40)37-36(39)42)22-28-23-32(26-12-6-3-7-13-26)38(29-16-10-5-11-17-29)33(28)27-14-8-4-9-15-27/h3-24H,1-2H3,(H,37,40,42)/b31-22-. The minimum atomic E-state index is -0.521. The van der Waals surface area contributed by atoms with Crippen LogP contribution >= 0.6 is 12.2 Å². The molecule has 1 aromatic heterocycles. The van der Waals surface area contributed by atoms with Gasteiger partial charge in [0.25, 0.3) is 11.8 Å². The van der Waals surface area contributed by atoms with Gasteiger partial charge in [0.05, 0.1) is 17.1 Å². The maximum absolute atomic E-state index is 14.0. The van der Waals surface area contributed by atoms with E-state index in [1.165, 1.54) is 4.90 Å². The molecular formula is C36H29N3O2S. The number of para-hydroxylation sites is 1. The van der Waals surface area contributed by atoms with E-state index in [1.807, 2.05) is 97.1 Å². The van der Waals surface area contributed by atoms with E-state index in [4.69, 9.17) is 12.2 Å². The Balaban J connectivity index is 1.55. The number of carbonyl (C=O) groups is 2. The highest BCUT2D eigenvalue weighted by atomic mass is 32.1. The monoisotopic (exact) mass is 567 g/mol. The highest BCUT2D eigenvalue weighted by Crippen LogP contribution is 2.37. The first-order chi connectivity index (χ1) is 20.4. The summed E-state index contributed by atoms with van der Waals surface area (Å²) in [6, 6.07) is 39.9. The summed E-state index contributed by atoms with van der Waals surface area (Å²) in [6.07, 6.45) is 1.68. The van der Waals surface area contributed by atoms with Gasteiger partial charge in [-0.25, -0.2) is 0 Å². The van der Waals surface area contributed by atoms with Crippen LogP contribution in [0, 0.1) is 0 Å². The third-order valence-electron chi connectivity index (χ3n) is 7.38. The van der Waals surface area contributed by atoms with Gasteiger partial charge in [0.1, 0.15) is 5.57 Å². The number of hydrogen-bond donors (Lipinski definition) is 1. The fourth-order valence-corrected chi connectivity index (χ4v) is 5.53. The van der Waals surface area contributed by atoms with Gasteiger partial charge in [-0.1, -0.05) is 105 Å². The number of anilines is 1. The van der Waals surface area contributed by atoms with Crippen LogP contribution in [0.15, 0.2) is 127 Å². The molecule has 6 heteroatoms. The van der Waals surface area contributed by atoms with Crippen LogP contribution in [0.4, 0.5) is 5.69 Å². The molecule has 1 aliphatic heterocycles. The molecule has 2 heterocycles. The van der Waals surface area contributed by atoms with Gasteiger partial charge in [0.15, 0.2) is 5.11 Å². The molecule has 0 saturated carbocycles. The van der Waals surface area contributed by atoms with Gasteiger partial charge in [-0.2, -0.15) is 0 Å². The van der Waals surface area contributed by atoms with Crippen LogP contribution in [-0.4, -0.2) is 21.5 Å². The highest BCUT2D eigenvalue weighted by molar-refractivity contribution is 7.80. The zero-order valence-corrected chi connectivity index (χ0v) is 24.1. The molecule has 206 valence electrons. The van der Waals surface area contributed by atoms with Gasteiger partial charge in [0, 0.05) is 11.3 Å². The van der Waals surface area contributed by atoms with Crippen LogP contribution in [0.1, 0.15) is 30.9 Å². The van der Waals surface area contributed by atoms with E-state index in [-0.39, 0.29) is 10.7 Å². The summed E-state index contributed by atoms with van der Waals surface area (Å²) >= 11 is 5.46. The van der Waals surface area contributed by atoms with Crippen LogP contribution in [0.3, 0.4) is 0 Å². The van der Waals surface area contributed by atoms with Crippen LogP contribution in [0.2, 0.25) is 0 Å². The van der Waals surface area contributed by atoms with Crippen molar-refractivity contribution < 1.29 is 9.59 Å². The molecule has 1 fully saturated rings. The minimum Gasteiger partial charge on any atom is -0.309 e. The summed E-state index contributed by atoms with van der Waals surface area (Å²) in [5, 5.41) is 2.80. The van der Waals surface area contributed by atoms with E-state index in [0.29, 0.717) is 11.6 Å². The Morgan fingerprint density at radius 3 is 1.88 bits per heavy atom. The number of benzene rings is 4. The number of nitrogens with one attached hydrogen (secondary N) is 1.